The summed E-state index contributed by atoms with van der Waals surface area (Å²) >= 11 is 0. The molecule has 1 heterocycles. The molecule has 0 saturated carbocycles. The zero-order chi connectivity index (χ0) is 22.8. The van der Waals surface area contributed by atoms with E-state index in [2.05, 4.69) is 17.2 Å². The fraction of sp³-hybridized carbons (Fsp3) is 0.360. The molecular formula is C25H28F4N2. The predicted octanol–water partition coefficient (Wildman–Crippen LogP) is 6.89. The maximum absolute atomic E-state index is 14.0. The van der Waals surface area contributed by atoms with Crippen LogP contribution in [0.25, 0.3) is 11.8 Å². The normalized spacial score (nSPS) is 14.7. The standard InChI is InChI=1S/C25H28F4N2/c1-5-17-9-10-19(26)13-22(17)24(3,4)14-18(25(27,28)29)15-31-23-8-6-7-20-16(2)30-12-11-21(20)23/h6-13,18,30-31H,2,5,14-15H2,1,3-4H3. The predicted molar refractivity (Wildman–Crippen MR) is 119 cm³/mol. The highest BCUT2D eigenvalue weighted by atomic mass is 19.4. The Hall–Kier alpha value is -2.76. The highest BCUT2D eigenvalue weighted by Gasteiger charge is 2.43. The van der Waals surface area contributed by atoms with Gasteiger partial charge >= 0.3 is 6.18 Å². The number of rotatable bonds is 7. The lowest BCUT2D eigenvalue weighted by Crippen LogP contribution is -2.36. The number of hydrogen-bond donors (Lipinski definition) is 2. The van der Waals surface area contributed by atoms with Gasteiger partial charge in [-0.2, -0.15) is 13.2 Å². The van der Waals surface area contributed by atoms with E-state index < -0.39 is 23.3 Å². The summed E-state index contributed by atoms with van der Waals surface area (Å²) in [4.78, 5) is 0. The second-order valence-electron chi connectivity index (χ2n) is 8.59. The molecule has 0 aromatic heterocycles. The molecule has 2 nitrogen and oxygen atoms in total. The van der Waals surface area contributed by atoms with Gasteiger partial charge in [0.2, 0.25) is 0 Å². The maximum atomic E-state index is 14.0. The van der Waals surface area contributed by atoms with Crippen LogP contribution in [0.4, 0.5) is 23.2 Å². The first-order valence-corrected chi connectivity index (χ1v) is 10.4. The first-order chi connectivity index (χ1) is 14.5. The number of alkyl halides is 3. The van der Waals surface area contributed by atoms with Crippen molar-refractivity contribution in [1.29, 1.82) is 0 Å². The highest BCUT2D eigenvalue weighted by molar-refractivity contribution is 5.83. The van der Waals surface area contributed by atoms with E-state index in [0.29, 0.717) is 23.4 Å². The Morgan fingerprint density at radius 1 is 1.13 bits per heavy atom. The fourth-order valence-electron chi connectivity index (χ4n) is 4.22. The van der Waals surface area contributed by atoms with Crippen LogP contribution < -0.4 is 10.6 Å². The number of aryl methyl sites for hydroxylation is 1. The van der Waals surface area contributed by atoms with E-state index in [-0.39, 0.29) is 13.0 Å². The van der Waals surface area contributed by atoms with E-state index >= 15 is 0 Å². The number of halogens is 4. The van der Waals surface area contributed by atoms with Crippen molar-refractivity contribution < 1.29 is 17.6 Å². The van der Waals surface area contributed by atoms with Gasteiger partial charge in [-0.1, -0.05) is 45.5 Å². The molecule has 0 radical (unpaired) electrons. The molecule has 2 aromatic carbocycles. The Morgan fingerprint density at radius 2 is 1.87 bits per heavy atom. The summed E-state index contributed by atoms with van der Waals surface area (Å²) < 4.78 is 55.8. The number of anilines is 1. The Bertz CT molecular complexity index is 990. The van der Waals surface area contributed by atoms with Crippen LogP contribution in [-0.4, -0.2) is 12.7 Å². The third-order valence-electron chi connectivity index (χ3n) is 5.88. The molecule has 166 valence electrons. The SMILES string of the molecule is C=C1NC=Cc2c(NCC(CC(C)(C)c3cc(F)ccc3CC)C(F)(F)F)cccc21. The average Bonchev–Trinajstić information content (AvgIpc) is 2.70. The van der Waals surface area contributed by atoms with E-state index in [4.69, 9.17) is 0 Å². The summed E-state index contributed by atoms with van der Waals surface area (Å²) in [6.45, 7) is 9.09. The summed E-state index contributed by atoms with van der Waals surface area (Å²) in [5.74, 6) is -2.03. The topological polar surface area (TPSA) is 24.1 Å². The van der Waals surface area contributed by atoms with Gasteiger partial charge in [0, 0.05) is 35.3 Å². The molecule has 6 heteroatoms. The van der Waals surface area contributed by atoms with E-state index in [0.717, 1.165) is 16.7 Å². The smallest absolute Gasteiger partial charge is 0.384 e. The second kappa shape index (κ2) is 8.77. The van der Waals surface area contributed by atoms with Gasteiger partial charge in [-0.15, -0.1) is 0 Å². The molecule has 1 atom stereocenters. The van der Waals surface area contributed by atoms with Gasteiger partial charge < -0.3 is 10.6 Å². The van der Waals surface area contributed by atoms with Gasteiger partial charge in [0.1, 0.15) is 5.82 Å². The summed E-state index contributed by atoms with van der Waals surface area (Å²) in [6.07, 6.45) is -0.372. The lowest BCUT2D eigenvalue weighted by atomic mass is 9.74. The van der Waals surface area contributed by atoms with Crippen LogP contribution in [-0.2, 0) is 11.8 Å². The molecule has 2 N–H and O–H groups in total. The zero-order valence-corrected chi connectivity index (χ0v) is 18.0. The Balaban J connectivity index is 1.85. The van der Waals surface area contributed by atoms with E-state index in [1.807, 2.05) is 19.1 Å². The van der Waals surface area contributed by atoms with Crippen LogP contribution in [0, 0.1) is 11.7 Å². The largest absolute Gasteiger partial charge is 0.393 e. The van der Waals surface area contributed by atoms with E-state index in [1.54, 1.807) is 38.2 Å². The third kappa shape index (κ3) is 5.12. The number of hydrogen-bond acceptors (Lipinski definition) is 2. The monoisotopic (exact) mass is 432 g/mol. The zero-order valence-electron chi connectivity index (χ0n) is 18.0. The van der Waals surface area contributed by atoms with Crippen molar-refractivity contribution in [3.8, 4) is 0 Å². The van der Waals surface area contributed by atoms with Crippen LogP contribution >= 0.6 is 0 Å². The van der Waals surface area contributed by atoms with Gasteiger partial charge in [0.05, 0.1) is 5.92 Å². The van der Waals surface area contributed by atoms with E-state index in [1.165, 1.54) is 12.1 Å². The molecule has 0 aliphatic carbocycles. The van der Waals surface area contributed by atoms with Gasteiger partial charge in [0.15, 0.2) is 0 Å². The summed E-state index contributed by atoms with van der Waals surface area (Å²) in [5, 5.41) is 6.01. The molecular weight excluding hydrogens is 404 g/mol. The summed E-state index contributed by atoms with van der Waals surface area (Å²) in [5.41, 5.74) is 3.65. The number of fused-ring (bicyclic) bond motifs is 1. The summed E-state index contributed by atoms with van der Waals surface area (Å²) in [6, 6.07) is 9.82. The Morgan fingerprint density at radius 3 is 2.55 bits per heavy atom. The minimum Gasteiger partial charge on any atom is -0.384 e. The first kappa shape index (κ1) is 22.9. The number of benzene rings is 2. The van der Waals surface area contributed by atoms with Gasteiger partial charge in [-0.25, -0.2) is 4.39 Å². The molecule has 3 rings (SSSR count). The second-order valence-corrected chi connectivity index (χ2v) is 8.59. The fourth-order valence-corrected chi connectivity index (χ4v) is 4.22. The average molecular weight is 433 g/mol. The van der Waals surface area contributed by atoms with Crippen LogP contribution in [0.3, 0.4) is 0 Å². The van der Waals surface area contributed by atoms with Crippen molar-refractivity contribution in [2.75, 3.05) is 11.9 Å². The molecule has 1 unspecified atom stereocenters. The van der Waals surface area contributed by atoms with Gasteiger partial charge in [-0.3, -0.25) is 0 Å². The molecule has 0 saturated heterocycles. The lowest BCUT2D eigenvalue weighted by molar-refractivity contribution is -0.175. The molecule has 2 aromatic rings. The van der Waals surface area contributed by atoms with Crippen molar-refractivity contribution in [3.05, 3.63) is 77.2 Å². The van der Waals surface area contributed by atoms with Crippen molar-refractivity contribution in [1.82, 2.24) is 5.32 Å². The molecule has 0 amide bonds. The van der Waals surface area contributed by atoms with Gasteiger partial charge in [0.25, 0.3) is 0 Å². The third-order valence-corrected chi connectivity index (χ3v) is 5.88. The van der Waals surface area contributed by atoms with Crippen LogP contribution in [0.15, 0.2) is 49.2 Å². The Kier molecular flexibility index (Phi) is 6.48. The molecule has 1 aliphatic rings. The van der Waals surface area contributed by atoms with E-state index in [9.17, 15) is 17.6 Å². The van der Waals surface area contributed by atoms with Crippen LogP contribution in [0.1, 0.15) is 49.4 Å². The van der Waals surface area contributed by atoms with Crippen LogP contribution in [0.2, 0.25) is 0 Å². The van der Waals surface area contributed by atoms with Crippen molar-refractivity contribution in [2.45, 2.75) is 45.2 Å². The minimum absolute atomic E-state index is 0.154. The highest BCUT2D eigenvalue weighted by Crippen LogP contribution is 2.40. The molecule has 1 aliphatic heterocycles. The summed E-state index contributed by atoms with van der Waals surface area (Å²) in [7, 11) is 0. The van der Waals surface area contributed by atoms with Crippen molar-refractivity contribution >= 4 is 17.5 Å². The number of nitrogens with one attached hydrogen (secondary N) is 2. The first-order valence-electron chi connectivity index (χ1n) is 10.4. The quantitative estimate of drug-likeness (QED) is 0.466. The maximum Gasteiger partial charge on any atom is 0.393 e. The molecule has 31 heavy (non-hydrogen) atoms. The molecule has 0 bridgehead atoms. The van der Waals surface area contributed by atoms with Crippen molar-refractivity contribution in [3.63, 3.8) is 0 Å². The van der Waals surface area contributed by atoms with Crippen LogP contribution in [0.5, 0.6) is 0 Å². The minimum atomic E-state index is -4.39. The molecule has 0 fully saturated rings. The molecule has 0 spiro atoms. The lowest BCUT2D eigenvalue weighted by Gasteiger charge is -2.33. The van der Waals surface area contributed by atoms with Crippen molar-refractivity contribution in [2.24, 2.45) is 5.92 Å². The van der Waals surface area contributed by atoms with Gasteiger partial charge in [-0.05, 0) is 53.7 Å². The Labute approximate surface area is 181 Å².